The average Bonchev–Trinajstić information content (AvgIpc) is 3.13. The number of para-hydroxylation sites is 2. The van der Waals surface area contributed by atoms with Gasteiger partial charge in [0.15, 0.2) is 23.0 Å². The van der Waals surface area contributed by atoms with Crippen LogP contribution in [0, 0.1) is 0 Å². The maximum atomic E-state index is 6.16. The van der Waals surface area contributed by atoms with Crippen molar-refractivity contribution < 1.29 is 9.47 Å². The summed E-state index contributed by atoms with van der Waals surface area (Å²) in [6, 6.07) is 54.8. The van der Waals surface area contributed by atoms with Gasteiger partial charge in [-0.2, -0.15) is 0 Å². The Hall–Kier alpha value is -6.19. The highest BCUT2D eigenvalue weighted by atomic mass is 16.6. The van der Waals surface area contributed by atoms with E-state index in [0.717, 1.165) is 33.9 Å². The van der Waals surface area contributed by atoms with Gasteiger partial charge in [-0.15, -0.1) is 0 Å². The Bertz CT molecular complexity index is 2340. The molecule has 1 aliphatic rings. The van der Waals surface area contributed by atoms with Gasteiger partial charge in [0.2, 0.25) is 0 Å². The molecule has 2 heterocycles. The molecule has 8 aromatic rings. The summed E-state index contributed by atoms with van der Waals surface area (Å²) in [4.78, 5) is 5.05. The van der Waals surface area contributed by atoms with Gasteiger partial charge in [0.25, 0.3) is 0 Å². The molecule has 0 fully saturated rings. The Labute approximate surface area is 267 Å². The fourth-order valence-corrected chi connectivity index (χ4v) is 6.60. The highest BCUT2D eigenvalue weighted by molar-refractivity contribution is 6.21. The first kappa shape index (κ1) is 26.2. The van der Waals surface area contributed by atoms with Gasteiger partial charge < -0.3 is 9.47 Å². The highest BCUT2D eigenvalue weighted by Gasteiger charge is 2.20. The molecule has 46 heavy (non-hydrogen) atoms. The van der Waals surface area contributed by atoms with E-state index in [-0.39, 0.29) is 0 Å². The molecule has 3 heteroatoms. The molecule has 0 radical (unpaired) electrons. The Balaban J connectivity index is 1.13. The third-order valence-electron chi connectivity index (χ3n) is 8.80. The Kier molecular flexibility index (Phi) is 6.14. The Morgan fingerprint density at radius 2 is 0.804 bits per heavy atom. The molecule has 1 aromatic heterocycles. The summed E-state index contributed by atoms with van der Waals surface area (Å²) >= 11 is 0. The molecule has 216 valence electrons. The summed E-state index contributed by atoms with van der Waals surface area (Å²) in [7, 11) is 0. The van der Waals surface area contributed by atoms with E-state index in [1.54, 1.807) is 0 Å². The predicted octanol–water partition coefficient (Wildman–Crippen LogP) is 12.0. The van der Waals surface area contributed by atoms with Crippen molar-refractivity contribution in [2.24, 2.45) is 0 Å². The zero-order chi connectivity index (χ0) is 30.5. The Morgan fingerprint density at radius 1 is 0.326 bits per heavy atom. The van der Waals surface area contributed by atoms with E-state index >= 15 is 0 Å². The van der Waals surface area contributed by atoms with Crippen LogP contribution in [-0.4, -0.2) is 4.98 Å². The van der Waals surface area contributed by atoms with Crippen LogP contribution in [-0.2, 0) is 0 Å². The van der Waals surface area contributed by atoms with Crippen molar-refractivity contribution in [1.82, 2.24) is 4.98 Å². The molecule has 7 aromatic carbocycles. The maximum Gasteiger partial charge on any atom is 0.170 e. The third kappa shape index (κ3) is 4.41. The number of pyridine rings is 1. The zero-order valence-corrected chi connectivity index (χ0v) is 24.9. The molecule has 0 saturated heterocycles. The summed E-state index contributed by atoms with van der Waals surface area (Å²) < 4.78 is 12.2. The van der Waals surface area contributed by atoms with Gasteiger partial charge >= 0.3 is 0 Å². The molecule has 0 bridgehead atoms. The van der Waals surface area contributed by atoms with E-state index in [9.17, 15) is 0 Å². The monoisotopic (exact) mass is 589 g/mol. The van der Waals surface area contributed by atoms with E-state index in [1.807, 2.05) is 42.6 Å². The minimum Gasteiger partial charge on any atom is -0.450 e. The van der Waals surface area contributed by atoms with Gasteiger partial charge in [-0.3, -0.25) is 4.98 Å². The molecule has 0 N–H and O–H groups in total. The molecule has 0 atom stereocenters. The molecule has 1 aliphatic heterocycles. The average molecular weight is 590 g/mol. The Morgan fingerprint density at radius 3 is 1.43 bits per heavy atom. The largest absolute Gasteiger partial charge is 0.450 e. The van der Waals surface area contributed by atoms with E-state index < -0.39 is 0 Å². The quantitative estimate of drug-likeness (QED) is 0.191. The summed E-state index contributed by atoms with van der Waals surface area (Å²) in [5.41, 5.74) is 8.97. The summed E-state index contributed by atoms with van der Waals surface area (Å²) in [6.45, 7) is 0. The van der Waals surface area contributed by atoms with Crippen molar-refractivity contribution in [2.75, 3.05) is 0 Å². The molecular weight excluding hydrogens is 562 g/mol. The lowest BCUT2D eigenvalue weighted by molar-refractivity contribution is 0.360. The van der Waals surface area contributed by atoms with Crippen LogP contribution in [0.2, 0.25) is 0 Å². The normalized spacial score (nSPS) is 11.8. The van der Waals surface area contributed by atoms with Crippen molar-refractivity contribution in [3.63, 3.8) is 0 Å². The number of nitrogens with zero attached hydrogens (tertiary/aromatic N) is 1. The van der Waals surface area contributed by atoms with Crippen molar-refractivity contribution in [3.05, 3.63) is 164 Å². The third-order valence-corrected chi connectivity index (χ3v) is 8.80. The van der Waals surface area contributed by atoms with E-state index in [4.69, 9.17) is 14.5 Å². The van der Waals surface area contributed by atoms with Gasteiger partial charge in [0.1, 0.15) is 0 Å². The molecule has 0 amide bonds. The molecular formula is C43H27NO2. The van der Waals surface area contributed by atoms with Crippen molar-refractivity contribution in [2.45, 2.75) is 0 Å². The maximum absolute atomic E-state index is 6.16. The number of aromatic nitrogens is 1. The summed E-state index contributed by atoms with van der Waals surface area (Å²) in [5.74, 6) is 2.85. The minimum absolute atomic E-state index is 0.699. The number of rotatable bonds is 4. The second kappa shape index (κ2) is 10.8. The van der Waals surface area contributed by atoms with Crippen molar-refractivity contribution >= 4 is 21.5 Å². The standard InChI is InChI=1S/C43H27NO2/c1-2-10-28(11-3-1)29-18-20-30(21-19-29)42-33-12-4-6-14-35(33)43(36-15-7-5-13-34(36)42)37-24-22-32(27-44-37)31-23-25-40-41(26-31)46-39-17-9-8-16-38(39)45-40/h1-27H. The van der Waals surface area contributed by atoms with Gasteiger partial charge in [0, 0.05) is 17.3 Å². The van der Waals surface area contributed by atoms with E-state index in [1.165, 1.54) is 43.8 Å². The van der Waals surface area contributed by atoms with Gasteiger partial charge in [0.05, 0.1) is 5.69 Å². The highest BCUT2D eigenvalue weighted by Crippen LogP contribution is 2.47. The fourth-order valence-electron chi connectivity index (χ4n) is 6.60. The smallest absolute Gasteiger partial charge is 0.170 e. The topological polar surface area (TPSA) is 31.4 Å². The molecule has 0 spiro atoms. The zero-order valence-electron chi connectivity index (χ0n) is 24.9. The van der Waals surface area contributed by atoms with E-state index in [0.29, 0.717) is 11.5 Å². The van der Waals surface area contributed by atoms with Crippen LogP contribution in [0.25, 0.3) is 66.2 Å². The lowest BCUT2D eigenvalue weighted by Crippen LogP contribution is -1.98. The van der Waals surface area contributed by atoms with Crippen LogP contribution in [0.1, 0.15) is 0 Å². The van der Waals surface area contributed by atoms with E-state index in [2.05, 4.69) is 121 Å². The summed E-state index contributed by atoms with van der Waals surface area (Å²) in [5, 5.41) is 4.78. The second-order valence-electron chi connectivity index (χ2n) is 11.5. The number of hydrogen-bond acceptors (Lipinski definition) is 3. The van der Waals surface area contributed by atoms with Crippen LogP contribution < -0.4 is 9.47 Å². The van der Waals surface area contributed by atoms with Gasteiger partial charge in [-0.05, 0) is 79.7 Å². The molecule has 0 aliphatic carbocycles. The number of benzene rings is 7. The first-order valence-corrected chi connectivity index (χ1v) is 15.4. The first-order valence-electron chi connectivity index (χ1n) is 15.4. The minimum atomic E-state index is 0.699. The summed E-state index contributed by atoms with van der Waals surface area (Å²) in [6.07, 6.45) is 1.95. The first-order chi connectivity index (χ1) is 22.8. The number of hydrogen-bond donors (Lipinski definition) is 0. The predicted molar refractivity (Wildman–Crippen MR) is 188 cm³/mol. The molecule has 9 rings (SSSR count). The van der Waals surface area contributed by atoms with Gasteiger partial charge in [-0.1, -0.05) is 127 Å². The number of ether oxygens (including phenoxy) is 2. The van der Waals surface area contributed by atoms with Crippen LogP contribution in [0.4, 0.5) is 0 Å². The molecule has 0 saturated carbocycles. The van der Waals surface area contributed by atoms with Gasteiger partial charge in [-0.25, -0.2) is 0 Å². The van der Waals surface area contributed by atoms with Crippen molar-refractivity contribution in [3.8, 4) is 67.6 Å². The van der Waals surface area contributed by atoms with Crippen LogP contribution >= 0.6 is 0 Å². The lowest BCUT2D eigenvalue weighted by Gasteiger charge is -2.21. The molecule has 3 nitrogen and oxygen atoms in total. The van der Waals surface area contributed by atoms with Crippen LogP contribution in [0.15, 0.2) is 164 Å². The van der Waals surface area contributed by atoms with Crippen LogP contribution in [0.3, 0.4) is 0 Å². The SMILES string of the molecule is c1ccc(-c2ccc(-c3c4ccccc4c(-c4ccc(-c5ccc6c(c5)Oc5ccccc5O6)cn4)c4ccccc34)cc2)cc1. The fraction of sp³-hybridized carbons (Fsp3) is 0. The second-order valence-corrected chi connectivity index (χ2v) is 11.5. The van der Waals surface area contributed by atoms with Crippen LogP contribution in [0.5, 0.6) is 23.0 Å². The molecule has 0 unspecified atom stereocenters. The number of fused-ring (bicyclic) bond motifs is 4. The van der Waals surface area contributed by atoms with Crippen molar-refractivity contribution in [1.29, 1.82) is 0 Å². The lowest BCUT2D eigenvalue weighted by atomic mass is 9.87.